The summed E-state index contributed by atoms with van der Waals surface area (Å²) in [7, 11) is -3.74. The summed E-state index contributed by atoms with van der Waals surface area (Å²) in [4.78, 5) is -0.113. The van der Waals surface area contributed by atoms with Crippen LogP contribution in [0.4, 0.5) is 5.82 Å². The van der Waals surface area contributed by atoms with Gasteiger partial charge in [0.1, 0.15) is 10.7 Å². The van der Waals surface area contributed by atoms with E-state index in [1.54, 1.807) is 6.92 Å². The van der Waals surface area contributed by atoms with E-state index in [0.717, 1.165) is 6.20 Å². The molecule has 0 saturated heterocycles. The van der Waals surface area contributed by atoms with Crippen molar-refractivity contribution >= 4 is 27.6 Å². The summed E-state index contributed by atoms with van der Waals surface area (Å²) >= 11 is 1.43. The molecule has 1 rings (SSSR count). The number of rotatable bonds is 6. The van der Waals surface area contributed by atoms with Crippen molar-refractivity contribution in [2.75, 3.05) is 24.3 Å². The molecule has 0 saturated carbocycles. The number of aromatic amines is 1. The predicted octanol–water partition coefficient (Wildman–Crippen LogP) is -0.616. The van der Waals surface area contributed by atoms with Gasteiger partial charge in [0, 0.05) is 12.3 Å². The van der Waals surface area contributed by atoms with Crippen LogP contribution in [0.1, 0.15) is 6.92 Å². The zero-order chi connectivity index (χ0) is 13.1. The fourth-order valence-corrected chi connectivity index (χ4v) is 3.10. The van der Waals surface area contributed by atoms with Crippen molar-refractivity contribution in [1.29, 1.82) is 0 Å². The summed E-state index contributed by atoms with van der Waals surface area (Å²) in [6.45, 7) is 1.48. The molecule has 1 aromatic rings. The van der Waals surface area contributed by atoms with Crippen LogP contribution in [0.25, 0.3) is 0 Å². The Morgan fingerprint density at radius 2 is 2.35 bits per heavy atom. The van der Waals surface area contributed by atoms with Crippen LogP contribution in [-0.2, 0) is 10.0 Å². The van der Waals surface area contributed by atoms with Crippen molar-refractivity contribution in [1.82, 2.24) is 14.9 Å². The maximum atomic E-state index is 11.8. The zero-order valence-corrected chi connectivity index (χ0v) is 11.2. The number of aliphatic hydroxyl groups is 1. The van der Waals surface area contributed by atoms with Crippen LogP contribution in [0.3, 0.4) is 0 Å². The molecule has 0 aliphatic carbocycles. The Hall–Kier alpha value is -0.770. The van der Waals surface area contributed by atoms with Gasteiger partial charge in [0.2, 0.25) is 10.0 Å². The lowest BCUT2D eigenvalue weighted by Gasteiger charge is -2.22. The second kappa shape index (κ2) is 5.25. The normalized spacial score (nSPS) is 15.7. The zero-order valence-electron chi connectivity index (χ0n) is 9.60. The Morgan fingerprint density at radius 3 is 2.82 bits per heavy atom. The topological polar surface area (TPSA) is 121 Å². The van der Waals surface area contributed by atoms with E-state index in [2.05, 4.69) is 14.9 Å². The third kappa shape index (κ3) is 3.87. The molecule has 1 atom stereocenters. The molecule has 0 bridgehead atoms. The van der Waals surface area contributed by atoms with Crippen LogP contribution >= 0.6 is 11.8 Å². The first kappa shape index (κ1) is 14.3. The molecule has 0 aliphatic heterocycles. The number of nitrogens with zero attached hydrogens (tertiary/aromatic N) is 1. The molecule has 1 heterocycles. The maximum Gasteiger partial charge on any atom is 0.245 e. The lowest BCUT2D eigenvalue weighted by molar-refractivity contribution is 0.0908. The number of sulfonamides is 1. The molecule has 0 radical (unpaired) electrons. The minimum Gasteiger partial charge on any atom is -0.388 e. The summed E-state index contributed by atoms with van der Waals surface area (Å²) in [6.07, 6.45) is 2.96. The lowest BCUT2D eigenvalue weighted by atomic mass is 10.1. The molecule has 1 unspecified atom stereocenters. The fourth-order valence-electron chi connectivity index (χ4n) is 1.19. The minimum atomic E-state index is -3.74. The van der Waals surface area contributed by atoms with Crippen LogP contribution in [-0.4, -0.2) is 47.9 Å². The highest BCUT2D eigenvalue weighted by Gasteiger charge is 2.25. The van der Waals surface area contributed by atoms with Crippen LogP contribution in [0.2, 0.25) is 0 Å². The second-order valence-electron chi connectivity index (χ2n) is 3.90. The number of aromatic nitrogens is 2. The van der Waals surface area contributed by atoms with E-state index >= 15 is 0 Å². The first-order valence-electron chi connectivity index (χ1n) is 4.78. The average Bonchev–Trinajstić information content (AvgIpc) is 2.63. The van der Waals surface area contributed by atoms with Gasteiger partial charge in [-0.15, -0.1) is 0 Å². The predicted molar refractivity (Wildman–Crippen MR) is 67.2 cm³/mol. The number of nitrogen functional groups attached to an aromatic ring is 1. The van der Waals surface area contributed by atoms with Gasteiger partial charge < -0.3 is 10.8 Å². The number of anilines is 1. The highest BCUT2D eigenvalue weighted by atomic mass is 32.2. The Bertz CT molecular complexity index is 469. The molecule has 7 nitrogen and oxygen atoms in total. The maximum absolute atomic E-state index is 11.8. The third-order valence-electron chi connectivity index (χ3n) is 2.02. The number of nitrogens with two attached hydrogens (primary N) is 1. The molecule has 17 heavy (non-hydrogen) atoms. The lowest BCUT2D eigenvalue weighted by Crippen LogP contribution is -2.42. The number of nitrogens with one attached hydrogen (secondary N) is 2. The van der Waals surface area contributed by atoms with Crippen LogP contribution in [0.5, 0.6) is 0 Å². The van der Waals surface area contributed by atoms with Crippen LogP contribution < -0.4 is 10.5 Å². The Balaban J connectivity index is 2.73. The van der Waals surface area contributed by atoms with E-state index in [1.807, 2.05) is 6.26 Å². The van der Waals surface area contributed by atoms with Crippen molar-refractivity contribution in [3.8, 4) is 0 Å². The monoisotopic (exact) mass is 280 g/mol. The van der Waals surface area contributed by atoms with Gasteiger partial charge in [0.05, 0.1) is 11.8 Å². The molecule has 0 spiro atoms. The van der Waals surface area contributed by atoms with Crippen LogP contribution in [0.15, 0.2) is 11.1 Å². The molecule has 9 heteroatoms. The van der Waals surface area contributed by atoms with E-state index < -0.39 is 15.6 Å². The van der Waals surface area contributed by atoms with Crippen molar-refractivity contribution in [3.05, 3.63) is 6.20 Å². The fraction of sp³-hybridized carbons (Fsp3) is 0.625. The second-order valence-corrected chi connectivity index (χ2v) is 6.50. The van der Waals surface area contributed by atoms with Gasteiger partial charge in [0.15, 0.2) is 0 Å². The first-order chi connectivity index (χ1) is 7.78. The van der Waals surface area contributed by atoms with Gasteiger partial charge in [-0.25, -0.2) is 13.1 Å². The van der Waals surface area contributed by atoms with Gasteiger partial charge in [0.25, 0.3) is 0 Å². The number of hydrogen-bond acceptors (Lipinski definition) is 6. The highest BCUT2D eigenvalue weighted by molar-refractivity contribution is 7.98. The standard InChI is InChI=1S/C8H16N4O3S2/c1-8(13,5-16-2)4-11-17(14,15)6-3-10-12-7(6)9/h3,11,13H,4-5H2,1-2H3,(H3,9,10,12). The Morgan fingerprint density at radius 1 is 1.71 bits per heavy atom. The summed E-state index contributed by atoms with van der Waals surface area (Å²) in [5.74, 6) is 0.401. The SMILES string of the molecule is CSCC(C)(O)CNS(=O)(=O)c1cn[nH]c1N. The van der Waals surface area contributed by atoms with E-state index in [0.29, 0.717) is 5.75 Å². The molecule has 5 N–H and O–H groups in total. The van der Waals surface area contributed by atoms with Gasteiger partial charge in [-0.05, 0) is 13.2 Å². The average molecular weight is 280 g/mol. The smallest absolute Gasteiger partial charge is 0.245 e. The molecular formula is C8H16N4O3S2. The van der Waals surface area contributed by atoms with Crippen LogP contribution in [0, 0.1) is 0 Å². The summed E-state index contributed by atoms with van der Waals surface area (Å²) in [5.41, 5.74) is 4.31. The summed E-state index contributed by atoms with van der Waals surface area (Å²) < 4.78 is 25.9. The van der Waals surface area contributed by atoms with Crippen molar-refractivity contribution in [3.63, 3.8) is 0 Å². The van der Waals surface area contributed by atoms with Crippen molar-refractivity contribution < 1.29 is 13.5 Å². The number of thioether (sulfide) groups is 1. The summed E-state index contributed by atoms with van der Waals surface area (Å²) in [5, 5.41) is 15.7. The highest BCUT2D eigenvalue weighted by Crippen LogP contribution is 2.15. The number of H-pyrrole nitrogens is 1. The largest absolute Gasteiger partial charge is 0.388 e. The molecule has 98 valence electrons. The molecular weight excluding hydrogens is 264 g/mol. The molecule has 0 aliphatic rings. The Kier molecular flexibility index (Phi) is 4.42. The molecule has 0 amide bonds. The van der Waals surface area contributed by atoms with E-state index in [9.17, 15) is 13.5 Å². The van der Waals surface area contributed by atoms with E-state index in [-0.39, 0.29) is 17.3 Å². The Labute approximate surface area is 104 Å². The number of hydrogen-bond donors (Lipinski definition) is 4. The van der Waals surface area contributed by atoms with Gasteiger partial charge >= 0.3 is 0 Å². The summed E-state index contributed by atoms with van der Waals surface area (Å²) in [6, 6.07) is 0. The first-order valence-corrected chi connectivity index (χ1v) is 7.66. The van der Waals surface area contributed by atoms with Gasteiger partial charge in [-0.3, -0.25) is 5.10 Å². The van der Waals surface area contributed by atoms with E-state index in [1.165, 1.54) is 11.8 Å². The quantitative estimate of drug-likeness (QED) is 0.551. The molecule has 0 fully saturated rings. The van der Waals surface area contributed by atoms with Crippen molar-refractivity contribution in [2.45, 2.75) is 17.4 Å². The molecule has 0 aromatic carbocycles. The molecule has 1 aromatic heterocycles. The third-order valence-corrected chi connectivity index (χ3v) is 4.36. The van der Waals surface area contributed by atoms with E-state index in [4.69, 9.17) is 5.73 Å². The van der Waals surface area contributed by atoms with Gasteiger partial charge in [-0.2, -0.15) is 16.9 Å². The van der Waals surface area contributed by atoms with Gasteiger partial charge in [-0.1, -0.05) is 0 Å². The minimum absolute atomic E-state index is 0.0259. The van der Waals surface area contributed by atoms with Crippen molar-refractivity contribution in [2.24, 2.45) is 0 Å².